The second-order valence-corrected chi connectivity index (χ2v) is 8.92. The first-order valence-corrected chi connectivity index (χ1v) is 11.6. The van der Waals surface area contributed by atoms with Gasteiger partial charge in [0.1, 0.15) is 11.9 Å². The van der Waals surface area contributed by atoms with E-state index in [9.17, 15) is 14.7 Å². The lowest BCUT2D eigenvalue weighted by Gasteiger charge is -2.23. The van der Waals surface area contributed by atoms with Gasteiger partial charge in [-0.25, -0.2) is 4.98 Å². The van der Waals surface area contributed by atoms with Crippen LogP contribution >= 0.6 is 0 Å². The normalized spacial score (nSPS) is 12.9. The molecule has 0 aliphatic heterocycles. The van der Waals surface area contributed by atoms with E-state index in [2.05, 4.69) is 34.1 Å². The van der Waals surface area contributed by atoms with Crippen LogP contribution in [0.15, 0.2) is 79.5 Å². The molecule has 4 aromatic rings. The molecule has 0 spiro atoms. The van der Waals surface area contributed by atoms with Crippen LogP contribution in [-0.4, -0.2) is 36.5 Å². The van der Waals surface area contributed by atoms with Crippen molar-refractivity contribution in [3.63, 3.8) is 0 Å². The Morgan fingerprint density at radius 1 is 1.00 bits per heavy atom. The molecule has 4 rings (SSSR count). The third kappa shape index (κ3) is 6.03. The van der Waals surface area contributed by atoms with Crippen LogP contribution in [0.3, 0.4) is 0 Å². The zero-order chi connectivity index (χ0) is 24.8. The van der Waals surface area contributed by atoms with Crippen molar-refractivity contribution in [3.8, 4) is 22.4 Å². The number of carbonyl (C=O) groups is 2. The minimum absolute atomic E-state index is 0.315. The second-order valence-electron chi connectivity index (χ2n) is 8.92. The number of nitrogens with one attached hydrogen (secondary N) is 2. The van der Waals surface area contributed by atoms with Crippen LogP contribution < -0.4 is 5.32 Å². The molecular formula is C27H29N5O3. The number of benzene rings is 1. The predicted octanol–water partition coefficient (Wildman–Crippen LogP) is 4.86. The van der Waals surface area contributed by atoms with Gasteiger partial charge < -0.3 is 20.0 Å². The highest BCUT2D eigenvalue weighted by atomic mass is 16.4. The minimum Gasteiger partial charge on any atom is -0.481 e. The molecule has 35 heavy (non-hydrogen) atoms. The Hall–Kier alpha value is -4.20. The second kappa shape index (κ2) is 10.8. The Kier molecular flexibility index (Phi) is 7.40. The highest BCUT2D eigenvalue weighted by Gasteiger charge is 2.27. The fourth-order valence-corrected chi connectivity index (χ4v) is 4.09. The van der Waals surface area contributed by atoms with Gasteiger partial charge in [0.15, 0.2) is 0 Å². The summed E-state index contributed by atoms with van der Waals surface area (Å²) in [6, 6.07) is 14.4. The highest BCUT2D eigenvalue weighted by Crippen LogP contribution is 2.27. The van der Waals surface area contributed by atoms with Crippen molar-refractivity contribution in [2.45, 2.75) is 38.8 Å². The lowest BCUT2D eigenvalue weighted by molar-refractivity contribution is -0.140. The number of H-pyrrole nitrogens is 1. The molecule has 8 nitrogen and oxygen atoms in total. The van der Waals surface area contributed by atoms with E-state index in [-0.39, 0.29) is 18.4 Å². The Morgan fingerprint density at radius 3 is 2.40 bits per heavy atom. The lowest BCUT2D eigenvalue weighted by Crippen LogP contribution is -2.37. The average molecular weight is 472 g/mol. The molecule has 8 heteroatoms. The van der Waals surface area contributed by atoms with Crippen molar-refractivity contribution >= 4 is 11.9 Å². The van der Waals surface area contributed by atoms with Gasteiger partial charge in [-0.15, -0.1) is 0 Å². The van der Waals surface area contributed by atoms with E-state index in [1.807, 2.05) is 54.7 Å². The standard InChI is InChI=1S/C27H29N5O3/c1-18(2)15-23(26-29-12-13-30-26)31-27(35)24(16-25(33)34)32-14-10-21(17-32)19-6-8-20(9-7-19)22-5-3-4-11-28-22/h3-14,17-18,23-24H,15-16H2,1-2H3,(H,29,30)(H,31,35)(H,33,34)/t23-,24+/m0/s1. The smallest absolute Gasteiger partial charge is 0.306 e. The van der Waals surface area contributed by atoms with Gasteiger partial charge in [0.2, 0.25) is 5.91 Å². The molecule has 3 aromatic heterocycles. The number of aromatic nitrogens is 4. The van der Waals surface area contributed by atoms with Crippen LogP contribution in [0.4, 0.5) is 0 Å². The van der Waals surface area contributed by atoms with Crippen molar-refractivity contribution < 1.29 is 14.7 Å². The number of rotatable bonds is 10. The molecule has 180 valence electrons. The third-order valence-electron chi connectivity index (χ3n) is 5.80. The molecule has 0 aliphatic carbocycles. The third-order valence-corrected chi connectivity index (χ3v) is 5.80. The quantitative estimate of drug-likeness (QED) is 0.306. The lowest BCUT2D eigenvalue weighted by atomic mass is 10.0. The van der Waals surface area contributed by atoms with Gasteiger partial charge in [0.05, 0.1) is 18.2 Å². The number of imidazole rings is 1. The van der Waals surface area contributed by atoms with E-state index in [1.54, 1.807) is 29.4 Å². The number of amides is 1. The molecule has 0 saturated carbocycles. The van der Waals surface area contributed by atoms with Crippen molar-refractivity contribution in [2.24, 2.45) is 5.92 Å². The summed E-state index contributed by atoms with van der Waals surface area (Å²) in [6.07, 6.45) is 9.02. The SMILES string of the molecule is CC(C)C[C@H](NC(=O)[C@@H](CC(=O)O)n1ccc(-c2ccc(-c3ccccn3)cc2)c1)c1ncc[nH]1. The van der Waals surface area contributed by atoms with Crippen molar-refractivity contribution in [2.75, 3.05) is 0 Å². The number of pyridine rings is 1. The molecule has 0 radical (unpaired) electrons. The average Bonchev–Trinajstić information content (AvgIpc) is 3.55. The Labute approximate surface area is 204 Å². The van der Waals surface area contributed by atoms with Crippen molar-refractivity contribution in [1.82, 2.24) is 24.8 Å². The molecule has 2 atom stereocenters. The molecule has 3 heterocycles. The van der Waals surface area contributed by atoms with Crippen LogP contribution in [0.5, 0.6) is 0 Å². The van der Waals surface area contributed by atoms with Gasteiger partial charge in [-0.05, 0) is 41.7 Å². The fourth-order valence-electron chi connectivity index (χ4n) is 4.09. The first kappa shape index (κ1) is 23.9. The van der Waals surface area contributed by atoms with Crippen LogP contribution in [-0.2, 0) is 9.59 Å². The molecule has 0 fully saturated rings. The zero-order valence-electron chi connectivity index (χ0n) is 19.8. The maximum atomic E-state index is 13.3. The number of nitrogens with zero attached hydrogens (tertiary/aromatic N) is 3. The predicted molar refractivity (Wildman–Crippen MR) is 133 cm³/mol. The summed E-state index contributed by atoms with van der Waals surface area (Å²) >= 11 is 0. The maximum absolute atomic E-state index is 13.3. The molecule has 0 saturated heterocycles. The van der Waals surface area contributed by atoms with Crippen molar-refractivity contribution in [3.05, 3.63) is 85.3 Å². The Bertz CT molecular complexity index is 1250. The summed E-state index contributed by atoms with van der Waals surface area (Å²) in [4.78, 5) is 36.6. The fraction of sp³-hybridized carbons (Fsp3) is 0.259. The zero-order valence-corrected chi connectivity index (χ0v) is 19.8. The summed E-state index contributed by atoms with van der Waals surface area (Å²) in [5.74, 6) is -0.432. The van der Waals surface area contributed by atoms with E-state index < -0.39 is 12.0 Å². The minimum atomic E-state index is -1.04. The number of carboxylic acids is 1. The van der Waals surface area contributed by atoms with Crippen LogP contribution in [0.1, 0.15) is 44.6 Å². The molecular weight excluding hydrogens is 442 g/mol. The molecule has 1 aromatic carbocycles. The monoisotopic (exact) mass is 471 g/mol. The van der Waals surface area contributed by atoms with E-state index in [0.29, 0.717) is 18.2 Å². The number of aromatic amines is 1. The molecule has 1 amide bonds. The number of hydrogen-bond acceptors (Lipinski definition) is 4. The van der Waals surface area contributed by atoms with Crippen LogP contribution in [0.2, 0.25) is 0 Å². The summed E-state index contributed by atoms with van der Waals surface area (Å²) in [5, 5.41) is 12.5. The molecule has 0 bridgehead atoms. The number of carboxylic acid groups (broad SMARTS) is 1. The first-order chi connectivity index (χ1) is 16.9. The topological polar surface area (TPSA) is 113 Å². The van der Waals surface area contributed by atoms with E-state index in [4.69, 9.17) is 0 Å². The van der Waals surface area contributed by atoms with E-state index in [0.717, 1.165) is 22.4 Å². The highest BCUT2D eigenvalue weighted by molar-refractivity contribution is 5.85. The van der Waals surface area contributed by atoms with Gasteiger partial charge in [-0.3, -0.25) is 14.6 Å². The Morgan fingerprint density at radius 2 is 1.77 bits per heavy atom. The van der Waals surface area contributed by atoms with Gasteiger partial charge in [-0.2, -0.15) is 0 Å². The first-order valence-electron chi connectivity index (χ1n) is 11.6. The van der Waals surface area contributed by atoms with Gasteiger partial charge in [0.25, 0.3) is 0 Å². The summed E-state index contributed by atoms with van der Waals surface area (Å²) in [7, 11) is 0. The van der Waals surface area contributed by atoms with E-state index >= 15 is 0 Å². The van der Waals surface area contributed by atoms with E-state index in [1.165, 1.54) is 0 Å². The van der Waals surface area contributed by atoms with Crippen molar-refractivity contribution in [1.29, 1.82) is 0 Å². The number of hydrogen-bond donors (Lipinski definition) is 3. The van der Waals surface area contributed by atoms with Gasteiger partial charge in [-0.1, -0.05) is 44.2 Å². The molecule has 0 aliphatic rings. The molecule has 0 unspecified atom stereocenters. The van der Waals surface area contributed by atoms with Gasteiger partial charge in [0, 0.05) is 36.5 Å². The largest absolute Gasteiger partial charge is 0.481 e. The summed E-state index contributed by atoms with van der Waals surface area (Å²) in [5.41, 5.74) is 3.75. The summed E-state index contributed by atoms with van der Waals surface area (Å²) < 4.78 is 1.67. The maximum Gasteiger partial charge on any atom is 0.306 e. The summed E-state index contributed by atoms with van der Waals surface area (Å²) in [6.45, 7) is 4.13. The van der Waals surface area contributed by atoms with Crippen LogP contribution in [0.25, 0.3) is 22.4 Å². The number of carbonyl (C=O) groups excluding carboxylic acids is 1. The van der Waals surface area contributed by atoms with Gasteiger partial charge >= 0.3 is 5.97 Å². The molecule has 3 N–H and O–H groups in total. The van der Waals surface area contributed by atoms with Crippen LogP contribution in [0, 0.1) is 5.92 Å². The Balaban J connectivity index is 1.54. The number of aliphatic carboxylic acids is 1.